The van der Waals surface area contributed by atoms with Gasteiger partial charge in [-0.2, -0.15) is 5.48 Å². The van der Waals surface area contributed by atoms with Gasteiger partial charge in [0.05, 0.1) is 12.7 Å². The zero-order valence-corrected chi connectivity index (χ0v) is 21.5. The van der Waals surface area contributed by atoms with Crippen LogP contribution in [0.3, 0.4) is 0 Å². The Bertz CT molecular complexity index is 1210. The molecule has 2 aliphatic rings. The second-order valence-electron chi connectivity index (χ2n) is 10.6. The zero-order valence-electron chi connectivity index (χ0n) is 21.5. The smallest absolute Gasteiger partial charge is 0.166 e. The molecule has 5 rings (SSSR count). The lowest BCUT2D eigenvalue weighted by atomic mass is 9.85. The van der Waals surface area contributed by atoms with E-state index in [-0.39, 0.29) is 5.54 Å². The molecule has 1 atom stereocenters. The molecule has 36 heavy (non-hydrogen) atoms. The van der Waals surface area contributed by atoms with Crippen LogP contribution in [0.25, 0.3) is 11.1 Å². The van der Waals surface area contributed by atoms with Crippen LogP contribution in [-0.4, -0.2) is 40.2 Å². The summed E-state index contributed by atoms with van der Waals surface area (Å²) in [7, 11) is 0. The number of ether oxygens (including phenoxy) is 1. The fourth-order valence-corrected chi connectivity index (χ4v) is 4.91. The highest BCUT2D eigenvalue weighted by molar-refractivity contribution is 5.66. The predicted octanol–water partition coefficient (Wildman–Crippen LogP) is 4.07. The lowest BCUT2D eigenvalue weighted by molar-refractivity contribution is 0.174. The minimum absolute atomic E-state index is 0.367. The van der Waals surface area contributed by atoms with Gasteiger partial charge >= 0.3 is 0 Å². The highest BCUT2D eigenvalue weighted by atomic mass is 16.6. The Morgan fingerprint density at radius 1 is 1.19 bits per heavy atom. The maximum atomic E-state index is 6.13. The van der Waals surface area contributed by atoms with Crippen molar-refractivity contribution in [2.75, 3.05) is 24.6 Å². The second-order valence-corrected chi connectivity index (χ2v) is 10.6. The van der Waals surface area contributed by atoms with Gasteiger partial charge < -0.3 is 20.2 Å². The molecular formula is C28H36N6O2. The van der Waals surface area contributed by atoms with E-state index in [0.717, 1.165) is 60.1 Å². The van der Waals surface area contributed by atoms with Crippen LogP contribution in [0.4, 0.5) is 5.82 Å². The Labute approximate surface area is 213 Å². The van der Waals surface area contributed by atoms with Gasteiger partial charge in [0.15, 0.2) is 5.75 Å². The van der Waals surface area contributed by atoms with E-state index in [1.165, 1.54) is 24.1 Å². The molecule has 190 valence electrons. The van der Waals surface area contributed by atoms with E-state index in [4.69, 9.17) is 20.3 Å². The number of benzene rings is 1. The van der Waals surface area contributed by atoms with Gasteiger partial charge in [-0.15, -0.1) is 0 Å². The first-order valence-corrected chi connectivity index (χ1v) is 12.9. The lowest BCUT2D eigenvalue weighted by Crippen LogP contribution is -2.44. The predicted molar refractivity (Wildman–Crippen MR) is 141 cm³/mol. The van der Waals surface area contributed by atoms with Crippen molar-refractivity contribution in [3.8, 4) is 22.6 Å². The maximum Gasteiger partial charge on any atom is 0.166 e. The topological polar surface area (TPSA) is 98.4 Å². The fourth-order valence-electron chi connectivity index (χ4n) is 4.91. The summed E-state index contributed by atoms with van der Waals surface area (Å²) in [5.74, 6) is 3.34. The molecule has 0 bridgehead atoms. The van der Waals surface area contributed by atoms with Gasteiger partial charge in [-0.05, 0) is 62.8 Å². The van der Waals surface area contributed by atoms with Crippen LogP contribution in [0.2, 0.25) is 0 Å². The van der Waals surface area contributed by atoms with Crippen LogP contribution in [0.5, 0.6) is 11.5 Å². The minimum Gasteiger partial charge on any atom is -0.491 e. The number of hydroxylamine groups is 1. The molecule has 3 aromatic rings. The van der Waals surface area contributed by atoms with Crippen LogP contribution < -0.4 is 25.7 Å². The number of nitrogens with two attached hydrogens (primary N) is 1. The van der Waals surface area contributed by atoms with Crippen molar-refractivity contribution >= 4 is 5.82 Å². The van der Waals surface area contributed by atoms with Gasteiger partial charge in [0.2, 0.25) is 0 Å². The molecule has 0 amide bonds. The third kappa shape index (κ3) is 5.60. The standard InChI is InChI=1S/C28H36N6O2/c1-4-19-5-7-24-25(11-19)31-18-32-27(24)34-9-10-35-26-8-6-20(12-22(26)16-34)21-13-23(15-30-14-21)36-33-17-28(2,3)29/h6,8,12-15,18-19,33H,4-5,7,9-11,16-17,29H2,1-3H3. The van der Waals surface area contributed by atoms with E-state index >= 15 is 0 Å². The van der Waals surface area contributed by atoms with Crippen molar-refractivity contribution in [2.45, 2.75) is 58.5 Å². The van der Waals surface area contributed by atoms with Crippen molar-refractivity contribution < 1.29 is 9.57 Å². The quantitative estimate of drug-likeness (QED) is 0.480. The van der Waals surface area contributed by atoms with Gasteiger partial charge in [-0.3, -0.25) is 4.98 Å². The Morgan fingerprint density at radius 2 is 2.08 bits per heavy atom. The molecule has 1 aliphatic heterocycles. The Balaban J connectivity index is 1.37. The van der Waals surface area contributed by atoms with Crippen molar-refractivity contribution in [3.05, 3.63) is 59.8 Å². The first-order chi connectivity index (χ1) is 17.4. The normalized spacial score (nSPS) is 17.6. The average molecular weight is 489 g/mol. The minimum atomic E-state index is -0.367. The van der Waals surface area contributed by atoms with Crippen molar-refractivity contribution in [2.24, 2.45) is 11.7 Å². The third-order valence-corrected chi connectivity index (χ3v) is 6.98. The SMILES string of the molecule is CCC1CCc2c(ncnc2N2CCOc3ccc(-c4cncc(ONCC(C)(C)N)c4)cc3C2)C1. The highest BCUT2D eigenvalue weighted by Crippen LogP contribution is 2.35. The van der Waals surface area contributed by atoms with Crippen molar-refractivity contribution in [1.82, 2.24) is 20.4 Å². The van der Waals surface area contributed by atoms with Gasteiger partial charge in [0.25, 0.3) is 0 Å². The molecular weight excluding hydrogens is 452 g/mol. The summed E-state index contributed by atoms with van der Waals surface area (Å²) in [6.45, 7) is 8.83. The molecule has 1 unspecified atom stereocenters. The highest BCUT2D eigenvalue weighted by Gasteiger charge is 2.26. The number of fused-ring (bicyclic) bond motifs is 2. The molecule has 0 spiro atoms. The van der Waals surface area contributed by atoms with E-state index in [2.05, 4.69) is 45.5 Å². The fraction of sp³-hybridized carbons (Fsp3) is 0.464. The molecule has 0 fully saturated rings. The monoisotopic (exact) mass is 488 g/mol. The molecule has 0 saturated carbocycles. The molecule has 0 saturated heterocycles. The summed E-state index contributed by atoms with van der Waals surface area (Å²) in [6.07, 6.45) is 9.77. The summed E-state index contributed by atoms with van der Waals surface area (Å²) < 4.78 is 6.13. The maximum absolute atomic E-state index is 6.13. The van der Waals surface area contributed by atoms with Gasteiger partial charge in [0.1, 0.15) is 24.5 Å². The van der Waals surface area contributed by atoms with E-state index in [9.17, 15) is 0 Å². The number of pyridine rings is 1. The largest absolute Gasteiger partial charge is 0.491 e. The molecule has 8 nitrogen and oxygen atoms in total. The lowest BCUT2D eigenvalue weighted by Gasteiger charge is -2.29. The first-order valence-electron chi connectivity index (χ1n) is 12.9. The molecule has 3 heterocycles. The summed E-state index contributed by atoms with van der Waals surface area (Å²) in [5, 5.41) is 0. The average Bonchev–Trinajstić information content (AvgIpc) is 3.09. The number of hydrogen-bond acceptors (Lipinski definition) is 8. The molecule has 3 N–H and O–H groups in total. The van der Waals surface area contributed by atoms with Gasteiger partial charge in [-0.1, -0.05) is 19.4 Å². The van der Waals surface area contributed by atoms with Crippen LogP contribution in [0.1, 0.15) is 50.4 Å². The third-order valence-electron chi connectivity index (χ3n) is 6.98. The number of hydrogen-bond donors (Lipinski definition) is 2. The molecule has 2 aromatic heterocycles. The van der Waals surface area contributed by atoms with Crippen LogP contribution in [0, 0.1) is 5.92 Å². The number of anilines is 1. The molecule has 8 heteroatoms. The van der Waals surface area contributed by atoms with E-state index in [1.54, 1.807) is 12.5 Å². The van der Waals surface area contributed by atoms with Crippen LogP contribution >= 0.6 is 0 Å². The number of nitrogens with zero attached hydrogens (tertiary/aromatic N) is 4. The van der Waals surface area contributed by atoms with Crippen LogP contribution in [0.15, 0.2) is 43.0 Å². The number of nitrogens with one attached hydrogen (secondary N) is 1. The second kappa shape index (κ2) is 10.4. The van der Waals surface area contributed by atoms with Crippen molar-refractivity contribution in [1.29, 1.82) is 0 Å². The summed E-state index contributed by atoms with van der Waals surface area (Å²) in [4.78, 5) is 21.8. The Morgan fingerprint density at radius 3 is 2.92 bits per heavy atom. The summed E-state index contributed by atoms with van der Waals surface area (Å²) in [5.41, 5.74) is 14.3. The van der Waals surface area contributed by atoms with E-state index < -0.39 is 0 Å². The first kappa shape index (κ1) is 24.5. The van der Waals surface area contributed by atoms with E-state index in [1.807, 2.05) is 26.1 Å². The van der Waals surface area contributed by atoms with Crippen LogP contribution in [-0.2, 0) is 19.4 Å². The molecule has 0 radical (unpaired) electrons. The number of rotatable bonds is 7. The zero-order chi connectivity index (χ0) is 25.1. The molecule has 1 aliphatic carbocycles. The number of aromatic nitrogens is 3. The Hall–Kier alpha value is -3.23. The summed E-state index contributed by atoms with van der Waals surface area (Å²) in [6, 6.07) is 8.29. The van der Waals surface area contributed by atoms with Gasteiger partial charge in [-0.25, -0.2) is 9.97 Å². The van der Waals surface area contributed by atoms with Crippen molar-refractivity contribution in [3.63, 3.8) is 0 Å². The summed E-state index contributed by atoms with van der Waals surface area (Å²) >= 11 is 0. The van der Waals surface area contributed by atoms with Gasteiger partial charge in [0, 0.05) is 47.2 Å². The molecule has 1 aromatic carbocycles. The van der Waals surface area contributed by atoms with E-state index in [0.29, 0.717) is 18.9 Å². The Kier molecular flexibility index (Phi) is 7.07.